The molecule has 19 atom stereocenters. The average molecular weight is 2070 g/mol. The Labute approximate surface area is 853 Å². The van der Waals surface area contributed by atoms with Crippen LogP contribution in [0, 0.1) is 48.3 Å². The summed E-state index contributed by atoms with van der Waals surface area (Å²) in [6.45, 7) is 5.46. The van der Waals surface area contributed by atoms with Gasteiger partial charge in [0.25, 0.3) is 5.91 Å². The number of aliphatic hydroxyl groups excluding tert-OH is 2. The van der Waals surface area contributed by atoms with Gasteiger partial charge < -0.3 is 57.6 Å². The van der Waals surface area contributed by atoms with Gasteiger partial charge in [-0.25, -0.2) is 13.1 Å². The molecule has 16 nitrogen and oxygen atoms in total. The minimum atomic E-state index is -4.40. The van der Waals surface area contributed by atoms with Crippen LogP contribution in [0.5, 0.6) is 0 Å². The van der Waals surface area contributed by atoms with Crippen molar-refractivity contribution < 1.29 is 94.1 Å². The van der Waals surface area contributed by atoms with Crippen molar-refractivity contribution in [2.75, 3.05) is 92.3 Å². The number of hydrogen-bond acceptors (Lipinski definition) is 14. The van der Waals surface area contributed by atoms with Crippen LogP contribution < -0.4 is 42.4 Å². The molecule has 0 saturated heterocycles. The smallest absolute Gasteiger partial charge is 0.396 e. The van der Waals surface area contributed by atoms with Crippen LogP contribution in [-0.4, -0.2) is 118 Å². The number of nitrogens with one attached hydrogen (secondary N) is 7. The zero-order chi connectivity index (χ0) is 105. The molecule has 5 aliphatic heterocycles. The Morgan fingerprint density at radius 1 is 0.399 bits per heavy atom. The number of alkyl halides is 15. The Balaban J connectivity index is 0.000000128. The molecule has 786 valence electrons. The van der Waals surface area contributed by atoms with Crippen molar-refractivity contribution in [2.45, 2.75) is 193 Å². The summed E-state index contributed by atoms with van der Waals surface area (Å²) in [5, 5.41) is 40.0. The SMILES string of the molecule is CN(C)CCCS(=O)(=O)NC[C@@H]1C[C@@H]2[C@H](C1)c1cc(C(F)(F)F)ccc1N[C@H]2c1ccccc1.Cc1ccc(C(=O)N(CCCN)C[C@@H]2C[C@@H]3[C@H](C2)c2cc(C(F)(F)F)ccc2N[C@H]3c2ccccc2)cc1.O=C1C[C@@H]2[C@H](C1)c1cc(C(F)(F)F)ccc1N[C@H]2c1ccccc1.OCCCN[C@@H]1C[C@@H]2[C@H](C1)c1cc(C(F)(F)F)ccc1N[C@H]2c1ccccc1.O[C@@H]1C[C@@H]2[C@@H](c3ccccc3)Nc3ccc(C(F)(F)F)cc3[C@@H]2C1. The quantitative estimate of drug-likeness (QED) is 0.0225. The monoisotopic (exact) mass is 2070 g/mol. The molecule has 1 amide bonds. The molecule has 21 rings (SSSR count). The lowest BCUT2D eigenvalue weighted by atomic mass is 9.77. The van der Waals surface area contributed by atoms with Gasteiger partial charge in [-0.05, 0) is 341 Å². The second-order valence-electron chi connectivity index (χ2n) is 41.5. The number of carbonyl (C=O) groups excluding carboxylic acids is 2. The number of nitrogens with zero attached hydrogens (tertiary/aromatic N) is 2. The summed E-state index contributed by atoms with van der Waals surface area (Å²) in [6.07, 6.45) is -13.8. The summed E-state index contributed by atoms with van der Waals surface area (Å²) in [4.78, 5) is 29.3. The van der Waals surface area contributed by atoms with Gasteiger partial charge >= 0.3 is 30.9 Å². The maximum absolute atomic E-state index is 13.6. The van der Waals surface area contributed by atoms with Crippen molar-refractivity contribution in [3.05, 3.63) is 361 Å². The molecule has 32 heteroatoms. The highest BCUT2D eigenvalue weighted by atomic mass is 32.2. The maximum atomic E-state index is 13.6. The van der Waals surface area contributed by atoms with Crippen LogP contribution >= 0.6 is 0 Å². The summed E-state index contributed by atoms with van der Waals surface area (Å²) < 4.78 is 227. The highest BCUT2D eigenvalue weighted by Gasteiger charge is 2.52. The summed E-state index contributed by atoms with van der Waals surface area (Å²) in [5.41, 5.74) is 17.2. The van der Waals surface area contributed by atoms with Gasteiger partial charge in [-0.2, -0.15) is 65.9 Å². The van der Waals surface area contributed by atoms with Crippen molar-refractivity contribution in [3.8, 4) is 0 Å². The molecule has 5 fully saturated rings. The number of halogens is 15. The number of ketones is 1. The lowest BCUT2D eigenvalue weighted by Gasteiger charge is -2.38. The number of rotatable bonds is 22. The molecule has 0 bridgehead atoms. The molecule has 0 unspecified atom stereocenters. The van der Waals surface area contributed by atoms with Crippen LogP contribution in [0.2, 0.25) is 0 Å². The summed E-state index contributed by atoms with van der Waals surface area (Å²) in [7, 11) is 0.414. The fourth-order valence-corrected chi connectivity index (χ4v) is 25.8. The molecule has 0 radical (unpaired) electrons. The van der Waals surface area contributed by atoms with Crippen LogP contribution in [0.4, 0.5) is 94.3 Å². The Kier molecular flexibility index (Phi) is 33.1. The number of aryl methyl sites for hydroxylation is 1. The largest absolute Gasteiger partial charge is 0.416 e. The van der Waals surface area contributed by atoms with Crippen molar-refractivity contribution in [2.24, 2.45) is 47.2 Å². The van der Waals surface area contributed by atoms with E-state index in [4.69, 9.17) is 10.8 Å². The third-order valence-electron chi connectivity index (χ3n) is 31.5. The molecular weight excluding hydrogens is 1950 g/mol. The first kappa shape index (κ1) is 107. The highest BCUT2D eigenvalue weighted by Crippen LogP contribution is 2.61. The third kappa shape index (κ3) is 25.2. The van der Waals surface area contributed by atoms with E-state index in [2.05, 4.69) is 60.9 Å². The molecule has 0 aromatic heterocycles. The van der Waals surface area contributed by atoms with E-state index >= 15 is 0 Å². The first-order valence-electron chi connectivity index (χ1n) is 51.0. The number of fused-ring (bicyclic) bond motifs is 15. The van der Waals surface area contributed by atoms with E-state index < -0.39 is 74.8 Å². The second-order valence-corrected chi connectivity index (χ2v) is 43.5. The normalized spacial score (nSPS) is 25.2. The van der Waals surface area contributed by atoms with E-state index in [1.54, 1.807) is 12.1 Å². The van der Waals surface area contributed by atoms with Crippen LogP contribution in [-0.2, 0) is 45.7 Å². The van der Waals surface area contributed by atoms with Crippen LogP contribution in [0.1, 0.15) is 243 Å². The van der Waals surface area contributed by atoms with Gasteiger partial charge in [-0.1, -0.05) is 169 Å². The van der Waals surface area contributed by atoms with Gasteiger partial charge in [0.2, 0.25) is 10.0 Å². The topological polar surface area (TPSA) is 225 Å². The summed E-state index contributed by atoms with van der Waals surface area (Å²) in [6, 6.07) is 77.5. The minimum Gasteiger partial charge on any atom is -0.396 e. The lowest BCUT2D eigenvalue weighted by molar-refractivity contribution is -0.138. The third-order valence-corrected chi connectivity index (χ3v) is 32.9. The van der Waals surface area contributed by atoms with E-state index in [0.717, 1.165) is 125 Å². The number of benzene rings is 11. The number of Topliss-reactive ketones (excluding diaryl/α,β-unsaturated/α-hetero) is 1. The number of aliphatic hydroxyl groups is 2. The number of anilines is 5. The molecule has 5 aliphatic carbocycles. The molecule has 0 spiro atoms. The first-order chi connectivity index (χ1) is 70.6. The molecule has 10 aliphatic rings. The van der Waals surface area contributed by atoms with Crippen LogP contribution in [0.25, 0.3) is 0 Å². The van der Waals surface area contributed by atoms with E-state index in [0.29, 0.717) is 112 Å². The Hall–Kier alpha value is -11.8. The van der Waals surface area contributed by atoms with Gasteiger partial charge in [-0.3, -0.25) is 9.59 Å². The number of nitrogens with two attached hydrogens (primary N) is 1. The number of sulfonamides is 1. The molecule has 11 N–H and O–H groups in total. The fraction of sp³-hybridized carbons (Fsp3) is 0.414. The van der Waals surface area contributed by atoms with Crippen LogP contribution in [0.3, 0.4) is 0 Å². The van der Waals surface area contributed by atoms with Crippen LogP contribution in [0.15, 0.2) is 267 Å². The molecule has 5 heterocycles. The zero-order valence-electron chi connectivity index (χ0n) is 82.3. The van der Waals surface area contributed by atoms with Crippen molar-refractivity contribution in [1.82, 2.24) is 19.8 Å². The highest BCUT2D eigenvalue weighted by molar-refractivity contribution is 7.89. The standard InChI is InChI=1S/C31H34F3N3O.C25H32F3N3O2S.C22H25F3N2O.C19H18F3NO.C19H16F3NO/c1-20-8-10-23(11-9-20)30(38)37(15-5-14-35)19-21-16-25-26-18-24(31(32,33)34)12-13-28(26)36-29(27(25)17-21)22-6-3-2-4-7-22;1-31(2)11-6-12-34(32,33)29-16-17-13-20-21-15-19(25(26,27)28)9-10-23(21)30-24(22(20)14-17)18-7-4-3-5-8-18;23-22(24,25)15-7-8-20-18(11-15)17-12-16(26-9-4-10-28)13-19(17)21(27-20)14-5-2-1-3-6-14;2*20-19(21,22)12-6-7-17-15(8-12)14-9-13(24)10-16(14)18(23-17)11-4-2-1-3-5-11/h2-4,6-13,18,21,25,27,29,36H,5,14-17,19,35H2,1H3;3-5,7-10,15,17,20,22,24,29-30H,6,11-14,16H2,1-2H3;1-3,5-8,11,16-17,19,21,26-28H,4,9-10,12-13H2;1-8,13-14,16,18,23-24H,9-10H2;1-8,14,16,18,23H,9-10H2/t21-,25+,27+,29-;17-,20+,22+,24-;16-,17+,19+,21-;13-,14-,16-,18+;14-,16-,18+/m00001/s1. The number of amides is 1. The predicted octanol–water partition coefficient (Wildman–Crippen LogP) is 26.0. The van der Waals surface area contributed by atoms with E-state index in [-0.39, 0.29) is 131 Å². The summed E-state index contributed by atoms with van der Waals surface area (Å²) >= 11 is 0. The second kappa shape index (κ2) is 45.6. The molecular formula is C116H125F15N10O6S. The number of hydrogen-bond donors (Lipinski definition) is 10. The fourth-order valence-electron chi connectivity index (χ4n) is 24.7. The predicted molar refractivity (Wildman–Crippen MR) is 546 cm³/mol. The van der Waals surface area contributed by atoms with E-state index in [1.165, 1.54) is 60.2 Å². The molecule has 148 heavy (non-hydrogen) atoms. The summed E-state index contributed by atoms with van der Waals surface area (Å²) in [5.74, 6) is 0.727. The van der Waals surface area contributed by atoms with Crippen molar-refractivity contribution >= 4 is 50.2 Å². The van der Waals surface area contributed by atoms with Gasteiger partial charge in [0, 0.05) is 79.1 Å². The molecule has 11 aromatic carbocycles. The average Bonchev–Trinajstić information content (AvgIpc) is 1.57. The Morgan fingerprint density at radius 3 is 1.11 bits per heavy atom. The zero-order valence-corrected chi connectivity index (χ0v) is 83.1. The Bertz CT molecular complexity index is 6470. The van der Waals surface area contributed by atoms with Crippen molar-refractivity contribution in [1.29, 1.82) is 0 Å². The van der Waals surface area contributed by atoms with Gasteiger partial charge in [0.05, 0.1) is 69.9 Å². The number of carbonyl (C=O) groups is 2. The van der Waals surface area contributed by atoms with Gasteiger partial charge in [0.15, 0.2) is 0 Å². The molecule has 5 saturated carbocycles. The maximum Gasteiger partial charge on any atom is 0.416 e. The Morgan fingerprint density at radius 2 is 0.743 bits per heavy atom. The first-order valence-corrected chi connectivity index (χ1v) is 52.6. The lowest BCUT2D eigenvalue weighted by Crippen LogP contribution is -2.36. The van der Waals surface area contributed by atoms with Crippen molar-refractivity contribution in [3.63, 3.8) is 0 Å². The van der Waals surface area contributed by atoms with E-state index in [9.17, 15) is 89.0 Å². The van der Waals surface area contributed by atoms with Gasteiger partial charge in [-0.15, -0.1) is 0 Å². The minimum absolute atomic E-state index is 0.000675. The van der Waals surface area contributed by atoms with Gasteiger partial charge in [0.1, 0.15) is 5.78 Å². The van der Waals surface area contributed by atoms with E-state index in [1.807, 2.05) is 182 Å². The molecule has 11 aromatic rings.